The zero-order valence-electron chi connectivity index (χ0n) is 15.6. The van der Waals surface area contributed by atoms with Crippen LogP contribution in [0.4, 0.5) is 4.39 Å². The van der Waals surface area contributed by atoms with Gasteiger partial charge in [-0.1, -0.05) is 30.3 Å². The Balaban J connectivity index is 1.54. The molecule has 0 aliphatic carbocycles. The quantitative estimate of drug-likeness (QED) is 0.685. The maximum atomic E-state index is 13.3. The summed E-state index contributed by atoms with van der Waals surface area (Å²) in [6.07, 6.45) is 5.65. The molecule has 0 bridgehead atoms. The van der Waals surface area contributed by atoms with Gasteiger partial charge in [-0.05, 0) is 42.7 Å². The summed E-state index contributed by atoms with van der Waals surface area (Å²) in [4.78, 5) is 23.8. The molecule has 142 valence electrons. The lowest BCUT2D eigenvalue weighted by atomic mass is 9.91. The second kappa shape index (κ2) is 8.30. The van der Waals surface area contributed by atoms with Crippen molar-refractivity contribution >= 4 is 5.91 Å². The fourth-order valence-corrected chi connectivity index (χ4v) is 3.79. The van der Waals surface area contributed by atoms with Crippen LogP contribution < -0.4 is 0 Å². The first-order chi connectivity index (χ1) is 13.7. The molecule has 1 saturated heterocycles. The number of halogens is 1. The fourth-order valence-electron chi connectivity index (χ4n) is 3.79. The summed E-state index contributed by atoms with van der Waals surface area (Å²) >= 11 is 0. The van der Waals surface area contributed by atoms with Crippen LogP contribution in [0.15, 0.2) is 67.0 Å². The lowest BCUT2D eigenvalue weighted by molar-refractivity contribution is -0.131. The highest BCUT2D eigenvalue weighted by molar-refractivity contribution is 5.79. The molecule has 1 fully saturated rings. The van der Waals surface area contributed by atoms with Gasteiger partial charge in [-0.15, -0.1) is 0 Å². The third-order valence-electron chi connectivity index (χ3n) is 5.20. The smallest absolute Gasteiger partial charge is 0.227 e. The first kappa shape index (κ1) is 18.3. The number of nitrogens with zero attached hydrogens (tertiary/aromatic N) is 3. The Kier molecular flexibility index (Phi) is 5.42. The second-order valence-electron chi connectivity index (χ2n) is 7.14. The first-order valence-corrected chi connectivity index (χ1v) is 9.59. The van der Waals surface area contributed by atoms with Gasteiger partial charge in [0, 0.05) is 37.0 Å². The Bertz CT molecular complexity index is 944. The Labute approximate surface area is 164 Å². The molecule has 5 heteroatoms. The predicted octanol–water partition coefficient (Wildman–Crippen LogP) is 4.23. The normalized spacial score (nSPS) is 16.8. The van der Waals surface area contributed by atoms with E-state index in [1.807, 2.05) is 35.2 Å². The van der Waals surface area contributed by atoms with E-state index in [4.69, 9.17) is 0 Å². The number of amides is 1. The Morgan fingerprint density at radius 1 is 1.04 bits per heavy atom. The molecule has 1 aromatic heterocycles. The maximum Gasteiger partial charge on any atom is 0.227 e. The van der Waals surface area contributed by atoms with Gasteiger partial charge in [-0.2, -0.15) is 0 Å². The number of likely N-dealkylation sites (tertiary alicyclic amines) is 1. The highest BCUT2D eigenvalue weighted by atomic mass is 19.1. The van der Waals surface area contributed by atoms with Gasteiger partial charge in [-0.25, -0.2) is 4.39 Å². The number of benzene rings is 2. The summed E-state index contributed by atoms with van der Waals surface area (Å²) in [5.41, 5.74) is 3.52. The highest BCUT2D eigenvalue weighted by Gasteiger charge is 2.27. The van der Waals surface area contributed by atoms with Crippen LogP contribution in [-0.4, -0.2) is 33.9 Å². The Morgan fingerprint density at radius 3 is 2.57 bits per heavy atom. The molecule has 3 aromatic rings. The summed E-state index contributed by atoms with van der Waals surface area (Å²) < 4.78 is 13.3. The van der Waals surface area contributed by atoms with Crippen LogP contribution >= 0.6 is 0 Å². The van der Waals surface area contributed by atoms with E-state index in [1.165, 1.54) is 12.1 Å². The first-order valence-electron chi connectivity index (χ1n) is 9.59. The van der Waals surface area contributed by atoms with E-state index >= 15 is 0 Å². The maximum absolute atomic E-state index is 13.3. The van der Waals surface area contributed by atoms with Crippen molar-refractivity contribution in [2.75, 3.05) is 13.1 Å². The van der Waals surface area contributed by atoms with Crippen molar-refractivity contribution < 1.29 is 9.18 Å². The molecular weight excluding hydrogens is 353 g/mol. The van der Waals surface area contributed by atoms with E-state index < -0.39 is 0 Å². The fraction of sp³-hybridized carbons (Fsp3) is 0.261. The van der Waals surface area contributed by atoms with Crippen LogP contribution in [-0.2, 0) is 11.2 Å². The van der Waals surface area contributed by atoms with E-state index in [2.05, 4.69) is 9.97 Å². The van der Waals surface area contributed by atoms with Crippen molar-refractivity contribution in [1.82, 2.24) is 14.9 Å². The Morgan fingerprint density at radius 2 is 1.79 bits per heavy atom. The number of piperidine rings is 1. The van der Waals surface area contributed by atoms with E-state index in [0.717, 1.165) is 41.9 Å². The zero-order valence-corrected chi connectivity index (χ0v) is 15.6. The average Bonchev–Trinajstić information content (AvgIpc) is 2.75. The highest BCUT2D eigenvalue weighted by Crippen LogP contribution is 2.32. The van der Waals surface area contributed by atoms with Crippen molar-refractivity contribution in [3.05, 3.63) is 84.1 Å². The van der Waals surface area contributed by atoms with Crippen molar-refractivity contribution in [1.29, 1.82) is 0 Å². The minimum absolute atomic E-state index is 0.127. The lowest BCUT2D eigenvalue weighted by Gasteiger charge is -2.33. The van der Waals surface area contributed by atoms with Gasteiger partial charge < -0.3 is 4.90 Å². The van der Waals surface area contributed by atoms with Gasteiger partial charge in [0.1, 0.15) is 5.82 Å². The number of aromatic nitrogens is 2. The molecule has 4 rings (SSSR count). The molecule has 0 unspecified atom stereocenters. The molecule has 2 heterocycles. The molecule has 0 saturated carbocycles. The molecule has 0 N–H and O–H groups in total. The number of rotatable bonds is 4. The van der Waals surface area contributed by atoms with E-state index in [0.29, 0.717) is 13.0 Å². The van der Waals surface area contributed by atoms with Crippen LogP contribution in [0.1, 0.15) is 30.0 Å². The molecule has 1 aliphatic rings. The lowest BCUT2D eigenvalue weighted by Crippen LogP contribution is -2.40. The molecule has 1 atom stereocenters. The van der Waals surface area contributed by atoms with Crippen molar-refractivity contribution in [2.24, 2.45) is 0 Å². The average molecular weight is 375 g/mol. The standard InChI is InChI=1S/C23H22FN3O/c24-20-10-8-18(9-11-20)22-23(26-13-12-25-22)19-7-4-14-27(16-19)21(28)15-17-5-2-1-3-6-17/h1-3,5-6,8-13,19H,4,7,14-16H2/t19-/m0/s1. The molecule has 2 aromatic carbocycles. The van der Waals surface area contributed by atoms with Gasteiger partial charge >= 0.3 is 0 Å². The monoisotopic (exact) mass is 375 g/mol. The van der Waals surface area contributed by atoms with Gasteiger partial charge in [0.05, 0.1) is 17.8 Å². The summed E-state index contributed by atoms with van der Waals surface area (Å²) in [5, 5.41) is 0. The SMILES string of the molecule is O=C(Cc1ccccc1)N1CCC[C@H](c2nccnc2-c2ccc(F)cc2)C1. The van der Waals surface area contributed by atoms with Gasteiger partial charge in [0.25, 0.3) is 0 Å². The van der Waals surface area contributed by atoms with E-state index in [1.54, 1.807) is 24.5 Å². The van der Waals surface area contributed by atoms with Crippen LogP contribution in [0.25, 0.3) is 11.3 Å². The predicted molar refractivity (Wildman–Crippen MR) is 106 cm³/mol. The van der Waals surface area contributed by atoms with Crippen LogP contribution in [0.3, 0.4) is 0 Å². The molecule has 1 amide bonds. The topological polar surface area (TPSA) is 46.1 Å². The Hall–Kier alpha value is -3.08. The van der Waals surface area contributed by atoms with Crippen molar-refractivity contribution in [2.45, 2.75) is 25.2 Å². The molecule has 1 aliphatic heterocycles. The molecule has 28 heavy (non-hydrogen) atoms. The summed E-state index contributed by atoms with van der Waals surface area (Å²) in [7, 11) is 0. The van der Waals surface area contributed by atoms with E-state index in [-0.39, 0.29) is 17.6 Å². The number of carbonyl (C=O) groups is 1. The number of hydrogen-bond donors (Lipinski definition) is 0. The van der Waals surface area contributed by atoms with Crippen LogP contribution in [0, 0.1) is 5.82 Å². The minimum atomic E-state index is -0.274. The largest absolute Gasteiger partial charge is 0.342 e. The van der Waals surface area contributed by atoms with Crippen molar-refractivity contribution in [3.63, 3.8) is 0 Å². The van der Waals surface area contributed by atoms with Crippen LogP contribution in [0.5, 0.6) is 0 Å². The second-order valence-corrected chi connectivity index (χ2v) is 7.14. The van der Waals surface area contributed by atoms with Gasteiger partial charge in [-0.3, -0.25) is 14.8 Å². The number of carbonyl (C=O) groups excluding carboxylic acids is 1. The molecule has 0 radical (unpaired) electrons. The summed E-state index contributed by atoms with van der Waals surface area (Å²) in [6, 6.07) is 16.1. The van der Waals surface area contributed by atoms with Gasteiger partial charge in [0.15, 0.2) is 0 Å². The zero-order chi connectivity index (χ0) is 19.3. The van der Waals surface area contributed by atoms with Crippen molar-refractivity contribution in [3.8, 4) is 11.3 Å². The van der Waals surface area contributed by atoms with E-state index in [9.17, 15) is 9.18 Å². The van der Waals surface area contributed by atoms with Gasteiger partial charge in [0.2, 0.25) is 5.91 Å². The molecule has 4 nitrogen and oxygen atoms in total. The van der Waals surface area contributed by atoms with Crippen LogP contribution in [0.2, 0.25) is 0 Å². The number of hydrogen-bond acceptors (Lipinski definition) is 3. The summed E-state index contributed by atoms with van der Waals surface area (Å²) in [6.45, 7) is 1.41. The molecular formula is C23H22FN3O. The minimum Gasteiger partial charge on any atom is -0.342 e. The third kappa shape index (κ3) is 4.09. The molecule has 0 spiro atoms. The third-order valence-corrected chi connectivity index (χ3v) is 5.20. The summed E-state index contributed by atoms with van der Waals surface area (Å²) in [5.74, 6) is -0.00473.